The molecule has 0 atom stereocenters. The second-order valence-corrected chi connectivity index (χ2v) is 4.21. The Balaban J connectivity index is 2.70. The van der Waals surface area contributed by atoms with Crippen LogP contribution >= 0.6 is 11.8 Å². The highest BCUT2D eigenvalue weighted by Crippen LogP contribution is 2.25. The fourth-order valence-electron chi connectivity index (χ4n) is 1.05. The second-order valence-electron chi connectivity index (χ2n) is 3.07. The van der Waals surface area contributed by atoms with E-state index in [1.165, 1.54) is 23.9 Å². The van der Waals surface area contributed by atoms with Gasteiger partial charge in [-0.05, 0) is 18.2 Å². The molecule has 0 N–H and O–H groups in total. The van der Waals surface area contributed by atoms with Gasteiger partial charge in [0, 0.05) is 11.0 Å². The summed E-state index contributed by atoms with van der Waals surface area (Å²) in [5.41, 5.74) is -0.202. The first-order valence-electron chi connectivity index (χ1n) is 4.72. The van der Waals surface area contributed by atoms with Crippen LogP contribution in [0.25, 0.3) is 0 Å². The average molecular weight is 229 g/mol. The van der Waals surface area contributed by atoms with Crippen molar-refractivity contribution < 1.29 is 9.31 Å². The van der Waals surface area contributed by atoms with Gasteiger partial charge >= 0.3 is 0 Å². The van der Waals surface area contributed by atoms with E-state index in [4.69, 9.17) is 0 Å². The minimum Gasteiger partial charge on any atom is -0.258 e. The van der Waals surface area contributed by atoms with Gasteiger partial charge in [0.25, 0.3) is 5.69 Å². The summed E-state index contributed by atoms with van der Waals surface area (Å²) < 4.78 is 13.3. The summed E-state index contributed by atoms with van der Waals surface area (Å²) in [4.78, 5) is 10.2. The van der Waals surface area contributed by atoms with Crippen LogP contribution in [0.4, 0.5) is 10.1 Å². The molecular formula is C10H12FNO2S. The maximum atomic E-state index is 13.3. The third-order valence-corrected chi connectivity index (χ3v) is 3.02. The minimum atomic E-state index is -0.594. The SMILES string of the molecule is CCCCSc1ccc([N+](=O)[O-])cc1F. The summed E-state index contributed by atoms with van der Waals surface area (Å²) in [6.45, 7) is 2.06. The Morgan fingerprint density at radius 2 is 2.27 bits per heavy atom. The molecule has 1 rings (SSSR count). The van der Waals surface area contributed by atoms with Crippen molar-refractivity contribution in [2.24, 2.45) is 0 Å². The van der Waals surface area contributed by atoms with Crippen LogP contribution in [-0.4, -0.2) is 10.7 Å². The lowest BCUT2D eigenvalue weighted by molar-refractivity contribution is -0.385. The summed E-state index contributed by atoms with van der Waals surface area (Å²) in [6.07, 6.45) is 2.07. The van der Waals surface area contributed by atoms with Gasteiger partial charge in [-0.25, -0.2) is 4.39 Å². The molecule has 0 saturated carbocycles. The fourth-order valence-corrected chi connectivity index (χ4v) is 2.06. The summed E-state index contributed by atoms with van der Waals surface area (Å²) in [5, 5.41) is 10.4. The van der Waals surface area contributed by atoms with Crippen molar-refractivity contribution in [1.29, 1.82) is 0 Å². The third kappa shape index (κ3) is 3.51. The number of nitro groups is 1. The molecule has 0 aromatic heterocycles. The molecule has 3 nitrogen and oxygen atoms in total. The number of hydrogen-bond acceptors (Lipinski definition) is 3. The molecule has 0 unspecified atom stereocenters. The maximum absolute atomic E-state index is 13.3. The van der Waals surface area contributed by atoms with Gasteiger partial charge < -0.3 is 0 Å². The van der Waals surface area contributed by atoms with E-state index >= 15 is 0 Å². The number of unbranched alkanes of at least 4 members (excludes halogenated alkanes) is 1. The van der Waals surface area contributed by atoms with E-state index in [0.717, 1.165) is 24.7 Å². The van der Waals surface area contributed by atoms with Gasteiger partial charge in [0.2, 0.25) is 0 Å². The molecule has 0 spiro atoms. The molecule has 0 aliphatic rings. The van der Waals surface area contributed by atoms with Crippen LogP contribution in [-0.2, 0) is 0 Å². The smallest absolute Gasteiger partial charge is 0.258 e. The largest absolute Gasteiger partial charge is 0.272 e. The van der Waals surface area contributed by atoms with Gasteiger partial charge in [-0.1, -0.05) is 13.3 Å². The van der Waals surface area contributed by atoms with E-state index in [1.807, 2.05) is 0 Å². The molecule has 15 heavy (non-hydrogen) atoms. The van der Waals surface area contributed by atoms with E-state index in [0.29, 0.717) is 4.90 Å². The first kappa shape index (κ1) is 12.0. The van der Waals surface area contributed by atoms with Gasteiger partial charge in [0.05, 0.1) is 11.0 Å². The molecule has 82 valence electrons. The van der Waals surface area contributed by atoms with Crippen LogP contribution in [0.3, 0.4) is 0 Å². The minimum absolute atomic E-state index is 0.202. The van der Waals surface area contributed by atoms with Crippen molar-refractivity contribution in [3.8, 4) is 0 Å². The standard InChI is InChI=1S/C10H12FNO2S/c1-2-3-6-15-10-5-4-8(12(13)14)7-9(10)11/h4-5,7H,2-3,6H2,1H3. The van der Waals surface area contributed by atoms with Crippen LogP contribution in [0.1, 0.15) is 19.8 Å². The van der Waals surface area contributed by atoms with E-state index in [-0.39, 0.29) is 5.69 Å². The number of nitro benzene ring substituents is 1. The lowest BCUT2D eigenvalue weighted by atomic mass is 10.3. The van der Waals surface area contributed by atoms with Gasteiger partial charge in [0.1, 0.15) is 5.82 Å². The monoisotopic (exact) mass is 229 g/mol. The predicted molar refractivity (Wildman–Crippen MR) is 58.7 cm³/mol. The summed E-state index contributed by atoms with van der Waals surface area (Å²) in [6, 6.07) is 3.76. The maximum Gasteiger partial charge on any atom is 0.272 e. The van der Waals surface area contributed by atoms with Crippen LogP contribution in [0, 0.1) is 15.9 Å². The number of non-ortho nitro benzene ring substituents is 1. The Labute approximate surface area is 91.8 Å². The lowest BCUT2D eigenvalue weighted by Gasteiger charge is -2.01. The highest BCUT2D eigenvalue weighted by Gasteiger charge is 2.10. The van der Waals surface area contributed by atoms with Crippen LogP contribution in [0.2, 0.25) is 0 Å². The number of rotatable bonds is 5. The highest BCUT2D eigenvalue weighted by molar-refractivity contribution is 7.99. The molecule has 0 saturated heterocycles. The molecule has 0 radical (unpaired) electrons. The Morgan fingerprint density at radius 3 is 2.80 bits per heavy atom. The first-order chi connectivity index (χ1) is 7.15. The Bertz CT molecular complexity index is 357. The summed E-state index contributed by atoms with van der Waals surface area (Å²) in [5.74, 6) is 0.330. The average Bonchev–Trinajstić information content (AvgIpc) is 2.20. The number of halogens is 1. The lowest BCUT2D eigenvalue weighted by Crippen LogP contribution is -1.90. The van der Waals surface area contributed by atoms with Gasteiger partial charge in [0.15, 0.2) is 0 Å². The highest BCUT2D eigenvalue weighted by atomic mass is 32.2. The molecule has 0 fully saturated rings. The number of hydrogen-bond donors (Lipinski definition) is 0. The second kappa shape index (κ2) is 5.70. The quantitative estimate of drug-likeness (QED) is 0.335. The number of nitrogens with zero attached hydrogens (tertiary/aromatic N) is 1. The Morgan fingerprint density at radius 1 is 1.53 bits per heavy atom. The molecule has 1 aromatic carbocycles. The van der Waals surface area contributed by atoms with E-state index in [1.54, 1.807) is 0 Å². The van der Waals surface area contributed by atoms with Crippen molar-refractivity contribution in [3.63, 3.8) is 0 Å². The first-order valence-corrected chi connectivity index (χ1v) is 5.70. The zero-order valence-corrected chi connectivity index (χ0v) is 9.22. The molecule has 0 aliphatic carbocycles. The van der Waals surface area contributed by atoms with Crippen molar-refractivity contribution in [1.82, 2.24) is 0 Å². The molecule has 5 heteroatoms. The van der Waals surface area contributed by atoms with Crippen LogP contribution < -0.4 is 0 Å². The normalized spacial score (nSPS) is 10.3. The van der Waals surface area contributed by atoms with Gasteiger partial charge in [-0.2, -0.15) is 0 Å². The van der Waals surface area contributed by atoms with Crippen molar-refractivity contribution in [2.45, 2.75) is 24.7 Å². The molecule has 1 aromatic rings. The Hall–Kier alpha value is -1.10. The summed E-state index contributed by atoms with van der Waals surface area (Å²) in [7, 11) is 0. The molecule has 0 bridgehead atoms. The fraction of sp³-hybridized carbons (Fsp3) is 0.400. The van der Waals surface area contributed by atoms with Crippen molar-refractivity contribution in [2.75, 3.05) is 5.75 Å². The summed E-state index contributed by atoms with van der Waals surface area (Å²) >= 11 is 1.39. The van der Waals surface area contributed by atoms with Gasteiger partial charge in [-0.15, -0.1) is 11.8 Å². The number of thioether (sulfide) groups is 1. The van der Waals surface area contributed by atoms with Crippen LogP contribution in [0.15, 0.2) is 23.1 Å². The molecular weight excluding hydrogens is 217 g/mol. The predicted octanol–water partition coefficient (Wildman–Crippen LogP) is 3.63. The zero-order chi connectivity index (χ0) is 11.3. The van der Waals surface area contributed by atoms with Gasteiger partial charge in [-0.3, -0.25) is 10.1 Å². The van der Waals surface area contributed by atoms with Crippen LogP contribution in [0.5, 0.6) is 0 Å². The Kier molecular flexibility index (Phi) is 4.55. The third-order valence-electron chi connectivity index (χ3n) is 1.88. The molecule has 0 amide bonds. The topological polar surface area (TPSA) is 43.1 Å². The zero-order valence-electron chi connectivity index (χ0n) is 8.40. The van der Waals surface area contributed by atoms with E-state index in [2.05, 4.69) is 6.92 Å². The van der Waals surface area contributed by atoms with E-state index < -0.39 is 10.7 Å². The van der Waals surface area contributed by atoms with Crippen molar-refractivity contribution >= 4 is 17.4 Å². The van der Waals surface area contributed by atoms with Crippen molar-refractivity contribution in [3.05, 3.63) is 34.1 Å². The number of benzene rings is 1. The molecule has 0 heterocycles. The van der Waals surface area contributed by atoms with E-state index in [9.17, 15) is 14.5 Å². The molecule has 0 aliphatic heterocycles.